The molecule has 1 aliphatic carbocycles. The summed E-state index contributed by atoms with van der Waals surface area (Å²) < 4.78 is 6.60. The van der Waals surface area contributed by atoms with Gasteiger partial charge in [0.2, 0.25) is 0 Å². The highest BCUT2D eigenvalue weighted by Crippen LogP contribution is 2.31. The number of hydrogen-bond acceptors (Lipinski definition) is 3. The molecule has 1 aliphatic rings. The van der Waals surface area contributed by atoms with Crippen LogP contribution in [0.3, 0.4) is 0 Å². The van der Waals surface area contributed by atoms with Gasteiger partial charge < -0.3 is 10.1 Å². The van der Waals surface area contributed by atoms with Crippen LogP contribution in [-0.2, 0) is 24.2 Å². The number of amides is 1. The zero-order valence-corrected chi connectivity index (χ0v) is 14.4. The summed E-state index contributed by atoms with van der Waals surface area (Å²) >= 11 is 4.20. The number of aryl methyl sites for hydroxylation is 1. The van der Waals surface area contributed by atoms with Crippen molar-refractivity contribution >= 4 is 40.0 Å². The van der Waals surface area contributed by atoms with Crippen molar-refractivity contribution in [2.24, 2.45) is 0 Å². The molecule has 0 saturated heterocycles. The molecule has 0 bridgehead atoms. The normalized spacial score (nSPS) is 17.1. The van der Waals surface area contributed by atoms with E-state index < -0.39 is 0 Å². The lowest BCUT2D eigenvalue weighted by Gasteiger charge is -2.23. The van der Waals surface area contributed by atoms with Gasteiger partial charge in [0, 0.05) is 19.9 Å². The topological polar surface area (TPSA) is 38.3 Å². The maximum absolute atomic E-state index is 11.9. The van der Waals surface area contributed by atoms with E-state index in [9.17, 15) is 4.79 Å². The van der Waals surface area contributed by atoms with Crippen molar-refractivity contribution in [2.45, 2.75) is 31.9 Å². The van der Waals surface area contributed by atoms with E-state index in [-0.39, 0.29) is 12.1 Å². The Hall–Kier alpha value is -1.08. The summed E-state index contributed by atoms with van der Waals surface area (Å²) in [6, 6.07) is 9.92. The molecule has 0 spiro atoms. The number of thiophene rings is 1. The molecule has 110 valence electrons. The fourth-order valence-electron chi connectivity index (χ4n) is 2.53. The summed E-state index contributed by atoms with van der Waals surface area (Å²) in [5, 5.41) is 5.18. The van der Waals surface area contributed by atoms with Gasteiger partial charge in [0.05, 0.1) is 0 Å². The number of nitrogens with one attached hydrogen (secondary N) is 1. The average Bonchev–Trinajstić information content (AvgIpc) is 2.87. The van der Waals surface area contributed by atoms with Gasteiger partial charge in [-0.3, -0.25) is 0 Å². The Bertz CT molecular complexity index is 626. The van der Waals surface area contributed by atoms with Crippen LogP contribution < -0.4 is 5.32 Å². The summed E-state index contributed by atoms with van der Waals surface area (Å²) in [5.74, 6) is 0. The van der Waals surface area contributed by atoms with Crippen molar-refractivity contribution < 1.29 is 9.53 Å². The molecule has 1 unspecified atom stereocenters. The Kier molecular flexibility index (Phi) is 4.80. The predicted octanol–water partition coefficient (Wildman–Crippen LogP) is 4.14. The van der Waals surface area contributed by atoms with Gasteiger partial charge in [-0.25, -0.2) is 4.79 Å². The first-order chi connectivity index (χ1) is 10.2. The van der Waals surface area contributed by atoms with Crippen molar-refractivity contribution in [3.05, 3.63) is 55.3 Å². The standard InChI is InChI=1S/C16H16INO2S/c17-14-10-21-15-7-6-12(8-13(14)15)18-16(19)20-9-11-4-2-1-3-5-11/h1-5,10,12H,6-9H2,(H,18,19). The first-order valence-corrected chi connectivity index (χ1v) is 8.90. The molecule has 0 saturated carbocycles. The van der Waals surface area contributed by atoms with Gasteiger partial charge >= 0.3 is 6.09 Å². The Labute approximate surface area is 141 Å². The van der Waals surface area contributed by atoms with Crippen molar-refractivity contribution in [1.82, 2.24) is 5.32 Å². The number of benzene rings is 1. The van der Waals surface area contributed by atoms with Crippen LogP contribution >= 0.6 is 33.9 Å². The first kappa shape index (κ1) is 14.8. The molecule has 1 amide bonds. The first-order valence-electron chi connectivity index (χ1n) is 6.94. The van der Waals surface area contributed by atoms with Gasteiger partial charge in [0.1, 0.15) is 6.61 Å². The van der Waals surface area contributed by atoms with Gasteiger partial charge in [-0.05, 0) is 53.0 Å². The smallest absolute Gasteiger partial charge is 0.407 e. The lowest BCUT2D eigenvalue weighted by Crippen LogP contribution is -2.38. The maximum atomic E-state index is 11.9. The van der Waals surface area contributed by atoms with E-state index in [0.717, 1.165) is 24.8 Å². The predicted molar refractivity (Wildman–Crippen MR) is 92.6 cm³/mol. The van der Waals surface area contributed by atoms with Gasteiger partial charge in [-0.1, -0.05) is 30.3 Å². The molecule has 3 nitrogen and oxygen atoms in total. The molecule has 21 heavy (non-hydrogen) atoms. The van der Waals surface area contributed by atoms with Gasteiger partial charge in [0.15, 0.2) is 0 Å². The number of fused-ring (bicyclic) bond motifs is 1. The largest absolute Gasteiger partial charge is 0.445 e. The summed E-state index contributed by atoms with van der Waals surface area (Å²) in [5.41, 5.74) is 2.41. The monoisotopic (exact) mass is 413 g/mol. The molecule has 5 heteroatoms. The van der Waals surface area contributed by atoms with Crippen molar-refractivity contribution in [2.75, 3.05) is 0 Å². The van der Waals surface area contributed by atoms with Crippen LogP contribution in [-0.4, -0.2) is 12.1 Å². The van der Waals surface area contributed by atoms with Crippen LogP contribution in [0.2, 0.25) is 0 Å². The highest BCUT2D eigenvalue weighted by molar-refractivity contribution is 14.1. The van der Waals surface area contributed by atoms with E-state index in [1.807, 2.05) is 41.7 Å². The molecule has 1 heterocycles. The molecule has 2 aromatic rings. The van der Waals surface area contributed by atoms with Crippen molar-refractivity contribution in [3.63, 3.8) is 0 Å². The lowest BCUT2D eigenvalue weighted by molar-refractivity contribution is 0.134. The molecular formula is C16H16INO2S. The highest BCUT2D eigenvalue weighted by atomic mass is 127. The van der Waals surface area contributed by atoms with Crippen LogP contribution in [0.4, 0.5) is 4.79 Å². The van der Waals surface area contributed by atoms with E-state index in [4.69, 9.17) is 4.74 Å². The van der Waals surface area contributed by atoms with E-state index in [1.54, 1.807) is 0 Å². The SMILES string of the molecule is O=C(NC1CCc2scc(I)c2C1)OCc1ccccc1. The van der Waals surface area contributed by atoms with Gasteiger partial charge in [-0.15, -0.1) is 11.3 Å². The molecule has 0 fully saturated rings. The Morgan fingerprint density at radius 3 is 3.00 bits per heavy atom. The molecule has 0 aliphatic heterocycles. The number of rotatable bonds is 3. The quantitative estimate of drug-likeness (QED) is 0.769. The molecule has 1 aromatic heterocycles. The number of halogens is 1. The molecule has 0 radical (unpaired) electrons. The molecular weight excluding hydrogens is 397 g/mol. The summed E-state index contributed by atoms with van der Waals surface area (Å²) in [7, 11) is 0. The summed E-state index contributed by atoms with van der Waals surface area (Å²) in [4.78, 5) is 13.4. The fraction of sp³-hybridized carbons (Fsp3) is 0.312. The number of carbonyl (C=O) groups is 1. The second kappa shape index (κ2) is 6.79. The van der Waals surface area contributed by atoms with Crippen LogP contribution in [0.5, 0.6) is 0 Å². The zero-order valence-electron chi connectivity index (χ0n) is 11.5. The Morgan fingerprint density at radius 1 is 1.38 bits per heavy atom. The van der Waals surface area contributed by atoms with E-state index in [1.165, 1.54) is 14.0 Å². The van der Waals surface area contributed by atoms with E-state index in [2.05, 4.69) is 33.3 Å². The Morgan fingerprint density at radius 2 is 2.19 bits per heavy atom. The van der Waals surface area contributed by atoms with Crippen molar-refractivity contribution in [1.29, 1.82) is 0 Å². The van der Waals surface area contributed by atoms with Gasteiger partial charge in [-0.2, -0.15) is 0 Å². The molecule has 1 N–H and O–H groups in total. The van der Waals surface area contributed by atoms with Gasteiger partial charge in [0.25, 0.3) is 0 Å². The molecule has 1 atom stereocenters. The molecule has 3 rings (SSSR count). The number of hydrogen-bond donors (Lipinski definition) is 1. The van der Waals surface area contributed by atoms with Crippen LogP contribution in [0.25, 0.3) is 0 Å². The molecule has 1 aromatic carbocycles. The fourth-order valence-corrected chi connectivity index (χ4v) is 4.60. The highest BCUT2D eigenvalue weighted by Gasteiger charge is 2.23. The van der Waals surface area contributed by atoms with Crippen molar-refractivity contribution in [3.8, 4) is 0 Å². The van der Waals surface area contributed by atoms with Crippen LogP contribution in [0.15, 0.2) is 35.7 Å². The zero-order chi connectivity index (χ0) is 14.7. The minimum absolute atomic E-state index is 0.184. The van der Waals surface area contributed by atoms with Crippen LogP contribution in [0.1, 0.15) is 22.4 Å². The minimum Gasteiger partial charge on any atom is -0.445 e. The third-order valence-electron chi connectivity index (χ3n) is 3.63. The minimum atomic E-state index is -0.322. The third-order valence-corrected chi connectivity index (χ3v) is 6.11. The summed E-state index contributed by atoms with van der Waals surface area (Å²) in [6.07, 6.45) is 2.63. The number of ether oxygens (including phenoxy) is 1. The second-order valence-electron chi connectivity index (χ2n) is 5.13. The summed E-state index contributed by atoms with van der Waals surface area (Å²) in [6.45, 7) is 0.320. The third kappa shape index (κ3) is 3.77. The average molecular weight is 413 g/mol. The maximum Gasteiger partial charge on any atom is 0.407 e. The lowest BCUT2D eigenvalue weighted by atomic mass is 9.95. The van der Waals surface area contributed by atoms with E-state index >= 15 is 0 Å². The second-order valence-corrected chi connectivity index (χ2v) is 7.26. The van der Waals surface area contributed by atoms with E-state index in [0.29, 0.717) is 6.61 Å². The Balaban J connectivity index is 1.51. The number of alkyl carbamates (subject to hydrolysis) is 1. The van der Waals surface area contributed by atoms with Crippen LogP contribution in [0, 0.1) is 3.57 Å². The number of carbonyl (C=O) groups excluding carboxylic acids is 1.